The van der Waals surface area contributed by atoms with Crippen LogP contribution in [0.15, 0.2) is 88.8 Å². The molecule has 0 saturated carbocycles. The van der Waals surface area contributed by atoms with E-state index in [0.29, 0.717) is 62.2 Å². The topological polar surface area (TPSA) is 110 Å². The molecule has 44 heavy (non-hydrogen) atoms. The van der Waals surface area contributed by atoms with E-state index in [-0.39, 0.29) is 17.1 Å². The zero-order valence-corrected chi connectivity index (χ0v) is 25.1. The first-order chi connectivity index (χ1) is 21.4. The third-order valence-corrected chi connectivity index (χ3v) is 6.80. The third-order valence-electron chi connectivity index (χ3n) is 6.55. The Labute approximate surface area is 258 Å². The third kappa shape index (κ3) is 6.20. The average molecular weight is 614 g/mol. The van der Waals surface area contributed by atoms with Crippen LogP contribution >= 0.6 is 11.6 Å². The number of carbonyl (C=O) groups is 1. The van der Waals surface area contributed by atoms with E-state index >= 15 is 0 Å². The summed E-state index contributed by atoms with van der Waals surface area (Å²) in [5.41, 5.74) is 1.55. The fourth-order valence-electron chi connectivity index (χ4n) is 4.45. The molecule has 0 saturated heterocycles. The van der Waals surface area contributed by atoms with E-state index < -0.39 is 5.97 Å². The lowest BCUT2D eigenvalue weighted by Gasteiger charge is -2.15. The molecule has 0 bridgehead atoms. The van der Waals surface area contributed by atoms with Crippen molar-refractivity contribution in [3.63, 3.8) is 0 Å². The fourth-order valence-corrected chi connectivity index (χ4v) is 4.58. The van der Waals surface area contributed by atoms with Crippen LogP contribution in [0.2, 0.25) is 5.02 Å². The number of benzene rings is 4. The monoisotopic (exact) mass is 613 g/mol. The van der Waals surface area contributed by atoms with E-state index in [4.69, 9.17) is 40.3 Å². The largest absolute Gasteiger partial charge is 0.493 e. The van der Waals surface area contributed by atoms with Crippen LogP contribution in [0, 0.1) is 0 Å². The van der Waals surface area contributed by atoms with Crippen LogP contribution in [0.4, 0.5) is 0 Å². The van der Waals surface area contributed by atoms with E-state index in [9.17, 15) is 9.59 Å². The smallest absolute Gasteiger partial charge is 0.343 e. The van der Waals surface area contributed by atoms with Crippen molar-refractivity contribution in [1.82, 2.24) is 9.66 Å². The molecule has 11 heteroatoms. The maximum atomic E-state index is 13.7. The summed E-state index contributed by atoms with van der Waals surface area (Å²) in [6.45, 7) is 2.14. The molecule has 0 spiro atoms. The van der Waals surface area contributed by atoms with Gasteiger partial charge in [-0.2, -0.15) is 9.78 Å². The van der Waals surface area contributed by atoms with Crippen molar-refractivity contribution in [2.45, 2.75) is 6.92 Å². The van der Waals surface area contributed by atoms with Crippen molar-refractivity contribution in [1.29, 1.82) is 0 Å². The van der Waals surface area contributed by atoms with Crippen LogP contribution in [-0.2, 0) is 0 Å². The first kappa shape index (κ1) is 30.1. The Balaban J connectivity index is 1.57. The van der Waals surface area contributed by atoms with Crippen LogP contribution < -0.4 is 29.2 Å². The van der Waals surface area contributed by atoms with Crippen molar-refractivity contribution in [2.24, 2.45) is 5.10 Å². The SMILES string of the molecule is CCOc1cc(C=Nn2c(-c3cc(OC)c(OC)c(OC)c3)nc3ccccc3c2=O)ccc1OC(=O)c1ccc(Cl)cc1. The molecule has 0 amide bonds. The van der Waals surface area contributed by atoms with Gasteiger partial charge in [0, 0.05) is 10.6 Å². The van der Waals surface area contributed by atoms with Crippen LogP contribution in [0.1, 0.15) is 22.8 Å². The van der Waals surface area contributed by atoms with Crippen LogP contribution in [-0.4, -0.2) is 49.8 Å². The number of hydrogen-bond acceptors (Lipinski definition) is 9. The number of hydrogen-bond donors (Lipinski definition) is 0. The number of fused-ring (bicyclic) bond motifs is 1. The summed E-state index contributed by atoms with van der Waals surface area (Å²) >= 11 is 5.93. The number of aromatic nitrogens is 2. The van der Waals surface area contributed by atoms with Gasteiger partial charge in [0.25, 0.3) is 5.56 Å². The second kappa shape index (κ2) is 13.3. The minimum atomic E-state index is -0.562. The number of ether oxygens (including phenoxy) is 5. The van der Waals surface area contributed by atoms with Crippen molar-refractivity contribution < 1.29 is 28.5 Å². The summed E-state index contributed by atoms with van der Waals surface area (Å²) in [6, 6.07) is 21.7. The molecule has 0 aliphatic heterocycles. The predicted molar refractivity (Wildman–Crippen MR) is 168 cm³/mol. The molecule has 224 valence electrons. The normalized spacial score (nSPS) is 11.0. The van der Waals surface area contributed by atoms with Gasteiger partial charge < -0.3 is 23.7 Å². The van der Waals surface area contributed by atoms with E-state index in [1.165, 1.54) is 32.2 Å². The highest BCUT2D eigenvalue weighted by molar-refractivity contribution is 6.30. The van der Waals surface area contributed by atoms with Gasteiger partial charge in [0.05, 0.1) is 50.6 Å². The Hall–Kier alpha value is -5.35. The predicted octanol–water partition coefficient (Wildman–Crippen LogP) is 6.24. The highest BCUT2D eigenvalue weighted by Gasteiger charge is 2.19. The first-order valence-corrected chi connectivity index (χ1v) is 13.9. The molecule has 1 aromatic heterocycles. The zero-order chi connectivity index (χ0) is 31.2. The van der Waals surface area contributed by atoms with E-state index in [1.807, 2.05) is 6.92 Å². The minimum absolute atomic E-state index is 0.228. The van der Waals surface area contributed by atoms with Crippen molar-refractivity contribution in [3.8, 4) is 40.1 Å². The highest BCUT2D eigenvalue weighted by atomic mass is 35.5. The highest BCUT2D eigenvalue weighted by Crippen LogP contribution is 2.41. The first-order valence-electron chi connectivity index (χ1n) is 13.5. The van der Waals surface area contributed by atoms with Crippen LogP contribution in [0.5, 0.6) is 28.7 Å². The molecule has 0 aliphatic carbocycles. The average Bonchev–Trinajstić information content (AvgIpc) is 3.04. The molecule has 0 atom stereocenters. The van der Waals surface area contributed by atoms with Gasteiger partial charge in [-0.25, -0.2) is 9.78 Å². The van der Waals surface area contributed by atoms with Gasteiger partial charge in [-0.15, -0.1) is 0 Å². The van der Waals surface area contributed by atoms with Crippen LogP contribution in [0.25, 0.3) is 22.3 Å². The molecular weight excluding hydrogens is 586 g/mol. The quantitative estimate of drug-likeness (QED) is 0.103. The Morgan fingerprint density at radius 1 is 0.886 bits per heavy atom. The molecule has 0 radical (unpaired) electrons. The number of nitrogens with zero attached hydrogens (tertiary/aromatic N) is 3. The Morgan fingerprint density at radius 2 is 1.59 bits per heavy atom. The molecule has 0 unspecified atom stereocenters. The number of methoxy groups -OCH3 is 3. The Kier molecular flexibility index (Phi) is 9.11. The number of carbonyl (C=O) groups excluding carboxylic acids is 1. The van der Waals surface area contributed by atoms with Crippen LogP contribution in [0.3, 0.4) is 0 Å². The Bertz CT molecular complexity index is 1900. The van der Waals surface area contributed by atoms with E-state index in [0.717, 1.165) is 0 Å². The van der Waals surface area contributed by atoms with Crippen molar-refractivity contribution in [2.75, 3.05) is 27.9 Å². The van der Waals surface area contributed by atoms with Gasteiger partial charge in [0.15, 0.2) is 28.8 Å². The number of esters is 1. The molecule has 10 nitrogen and oxygen atoms in total. The summed E-state index contributed by atoms with van der Waals surface area (Å²) < 4.78 is 29.1. The molecule has 5 rings (SSSR count). The molecule has 0 fully saturated rings. The fraction of sp³-hybridized carbons (Fsp3) is 0.152. The van der Waals surface area contributed by atoms with Crippen molar-refractivity contribution >= 4 is 34.7 Å². The summed E-state index contributed by atoms with van der Waals surface area (Å²) in [7, 11) is 4.52. The molecule has 0 N–H and O–H groups in total. The van der Waals surface area contributed by atoms with Gasteiger partial charge in [0.1, 0.15) is 0 Å². The van der Waals surface area contributed by atoms with Gasteiger partial charge in [-0.3, -0.25) is 4.79 Å². The number of para-hydroxylation sites is 1. The lowest BCUT2D eigenvalue weighted by Crippen LogP contribution is -2.20. The number of rotatable bonds is 10. The molecule has 1 heterocycles. The second-order valence-electron chi connectivity index (χ2n) is 9.26. The van der Waals surface area contributed by atoms with Gasteiger partial charge >= 0.3 is 5.97 Å². The zero-order valence-electron chi connectivity index (χ0n) is 24.4. The maximum absolute atomic E-state index is 13.7. The number of halogens is 1. The molecule has 4 aromatic carbocycles. The molecule has 0 aliphatic rings. The maximum Gasteiger partial charge on any atom is 0.343 e. The lowest BCUT2D eigenvalue weighted by atomic mass is 10.1. The van der Waals surface area contributed by atoms with Crippen molar-refractivity contribution in [3.05, 3.63) is 105 Å². The Morgan fingerprint density at radius 3 is 2.25 bits per heavy atom. The van der Waals surface area contributed by atoms with Gasteiger partial charge in [-0.1, -0.05) is 23.7 Å². The van der Waals surface area contributed by atoms with E-state index in [1.54, 1.807) is 78.9 Å². The molecule has 5 aromatic rings. The standard InChI is InChI=1S/C33H28ClN3O7/c1-5-43-27-16-20(10-15-26(27)44-33(39)21-11-13-23(34)14-12-21)19-35-37-31(36-25-9-7-6-8-24(25)32(37)38)22-17-28(40-2)30(42-4)29(18-22)41-3/h6-19H,5H2,1-4H3. The summed E-state index contributed by atoms with van der Waals surface area (Å²) in [5, 5.41) is 5.43. The van der Waals surface area contributed by atoms with Gasteiger partial charge in [-0.05, 0) is 79.2 Å². The summed E-state index contributed by atoms with van der Waals surface area (Å²) in [6.07, 6.45) is 1.49. The summed E-state index contributed by atoms with van der Waals surface area (Å²) in [4.78, 5) is 31.2. The minimum Gasteiger partial charge on any atom is -0.493 e. The summed E-state index contributed by atoms with van der Waals surface area (Å²) in [5.74, 6) is 1.43. The van der Waals surface area contributed by atoms with E-state index in [2.05, 4.69) is 5.10 Å². The van der Waals surface area contributed by atoms with Gasteiger partial charge in [0.2, 0.25) is 5.75 Å². The second-order valence-corrected chi connectivity index (χ2v) is 9.70. The molecular formula is C33H28ClN3O7. The lowest BCUT2D eigenvalue weighted by molar-refractivity contribution is 0.0728.